The third-order valence-corrected chi connectivity index (χ3v) is 11.3. The number of esters is 2. The lowest BCUT2D eigenvalue weighted by Crippen LogP contribution is -2.48. The number of nitrogens with two attached hydrogens (primary N) is 2. The van der Waals surface area contributed by atoms with E-state index in [1.165, 1.54) is 48.7 Å². The molecule has 24 nitrogen and oxygen atoms in total. The molecule has 7 rings (SSSR count). The monoisotopic (exact) mass is 923 g/mol. The molecule has 0 saturated carbocycles. The molecule has 1 unspecified atom stereocenters. The minimum atomic E-state index is -0.616. The fourth-order valence-electron chi connectivity index (χ4n) is 7.93. The van der Waals surface area contributed by atoms with Gasteiger partial charge in [-0.25, -0.2) is 28.9 Å². The maximum atomic E-state index is 13.1. The molecule has 67 heavy (non-hydrogen) atoms. The summed E-state index contributed by atoms with van der Waals surface area (Å²) >= 11 is 0. The van der Waals surface area contributed by atoms with E-state index in [2.05, 4.69) is 82.2 Å². The van der Waals surface area contributed by atoms with E-state index >= 15 is 0 Å². The lowest BCUT2D eigenvalue weighted by molar-refractivity contribution is 0.0589. The number of nitrogens with zero attached hydrogens (tertiary/aromatic N) is 15. The number of unbranched alkanes of at least 4 members (excludes halogenated alkanes) is 3. The maximum Gasteiger partial charge on any atom is 0.343 e. The molecule has 358 valence electrons. The van der Waals surface area contributed by atoms with Crippen LogP contribution in [0.15, 0.2) is 57.4 Å². The SMILES string of the molecule is CC=CCCc1nn(-c2cc(-n3nc(CC(C)C)c(N=Nc4c(C(=O)OC)cnn4C4NCCCN4CCCCCC)c3N)ncn2)c(N)c1N=Nc1c(C(=O)OC)cnn1C1NCCCN1. The first-order valence-corrected chi connectivity index (χ1v) is 22.9. The normalized spacial score (nSPS) is 16.4. The zero-order chi connectivity index (χ0) is 47.5. The molecule has 5 aromatic heterocycles. The van der Waals surface area contributed by atoms with Crippen LogP contribution in [0.3, 0.4) is 0 Å². The van der Waals surface area contributed by atoms with Crippen LogP contribution in [0, 0.1) is 5.92 Å². The second-order valence-corrected chi connectivity index (χ2v) is 16.6. The lowest BCUT2D eigenvalue weighted by atomic mass is 10.1. The van der Waals surface area contributed by atoms with Crippen molar-refractivity contribution >= 4 is 46.6 Å². The molecular weight excluding hydrogens is 861 g/mol. The minimum absolute atomic E-state index is 0.130. The van der Waals surface area contributed by atoms with E-state index in [-0.39, 0.29) is 52.3 Å². The number of ether oxygens (including phenoxy) is 2. The standard InChI is InChI=1S/C43H62N20O4/c1-7-9-11-13-20-59-21-15-19-48-43(59)63-39(29(25-52-63)41(65)67-6)56-54-35-31(22-27(3)4)58-61(37(35)45)33-23-32(49-26-50-33)60-36(44)34(30(57-60)16-12-10-8-2)53-55-38-28(40(64)66-5)24-51-62(38)42-46-17-14-18-47-42/h8,10,23-27,42-43,46-48H,7,9,11-22,44-45H2,1-6H3. The number of anilines is 2. The summed E-state index contributed by atoms with van der Waals surface area (Å²) in [5.41, 5.74) is 15.7. The molecule has 24 heteroatoms. The van der Waals surface area contributed by atoms with E-state index in [1.54, 1.807) is 15.4 Å². The average Bonchev–Trinajstić information content (AvgIpc) is 4.12. The molecule has 2 aliphatic rings. The molecule has 2 saturated heterocycles. The number of methoxy groups -OCH3 is 2. The van der Waals surface area contributed by atoms with Gasteiger partial charge in [-0.3, -0.25) is 20.9 Å². The van der Waals surface area contributed by atoms with E-state index < -0.39 is 18.2 Å². The summed E-state index contributed by atoms with van der Waals surface area (Å²) in [6.45, 7) is 12.2. The van der Waals surface area contributed by atoms with E-state index in [0.29, 0.717) is 48.0 Å². The van der Waals surface area contributed by atoms with Crippen LogP contribution in [0.1, 0.15) is 117 Å². The molecule has 0 aromatic carbocycles. The van der Waals surface area contributed by atoms with Gasteiger partial charge in [0.05, 0.1) is 38.0 Å². The fourth-order valence-corrected chi connectivity index (χ4v) is 7.93. The quantitative estimate of drug-likeness (QED) is 0.0263. The second kappa shape index (κ2) is 22.6. The van der Waals surface area contributed by atoms with Gasteiger partial charge in [-0.15, -0.1) is 20.5 Å². The second-order valence-electron chi connectivity index (χ2n) is 16.6. The van der Waals surface area contributed by atoms with E-state index in [9.17, 15) is 9.59 Å². The van der Waals surface area contributed by atoms with Crippen molar-refractivity contribution in [2.75, 3.05) is 58.4 Å². The van der Waals surface area contributed by atoms with Gasteiger partial charge in [0.2, 0.25) is 0 Å². The first kappa shape index (κ1) is 48.2. The number of aryl methyl sites for hydroxylation is 1. The summed E-state index contributed by atoms with van der Waals surface area (Å²) in [6.07, 6.45) is 15.4. The van der Waals surface area contributed by atoms with Crippen LogP contribution in [0.25, 0.3) is 11.6 Å². The number of aromatic nitrogens is 10. The molecule has 0 aliphatic carbocycles. The van der Waals surface area contributed by atoms with Crippen molar-refractivity contribution in [3.05, 3.63) is 59.5 Å². The average molecular weight is 923 g/mol. The number of carbonyl (C=O) groups is 2. The summed E-state index contributed by atoms with van der Waals surface area (Å²) < 4.78 is 16.3. The Morgan fingerprint density at radius 2 is 1.42 bits per heavy atom. The van der Waals surface area contributed by atoms with Crippen LogP contribution in [-0.2, 0) is 22.3 Å². The number of allylic oxidation sites excluding steroid dienone is 2. The predicted molar refractivity (Wildman–Crippen MR) is 249 cm³/mol. The summed E-state index contributed by atoms with van der Waals surface area (Å²) in [7, 11) is 2.61. The van der Waals surface area contributed by atoms with E-state index in [0.717, 1.165) is 64.8 Å². The van der Waals surface area contributed by atoms with Gasteiger partial charge in [0.1, 0.15) is 17.5 Å². The van der Waals surface area contributed by atoms with Crippen molar-refractivity contribution in [2.45, 2.75) is 98.1 Å². The Hall–Kier alpha value is -6.76. The molecule has 7 N–H and O–H groups in total. The molecule has 0 radical (unpaired) electrons. The van der Waals surface area contributed by atoms with Gasteiger partial charge in [-0.2, -0.15) is 29.8 Å². The number of carbonyl (C=O) groups excluding carboxylic acids is 2. The Morgan fingerprint density at radius 1 is 0.821 bits per heavy atom. The Bertz CT molecular complexity index is 2560. The highest BCUT2D eigenvalue weighted by Gasteiger charge is 2.30. The van der Waals surface area contributed by atoms with E-state index in [4.69, 9.17) is 31.1 Å². The highest BCUT2D eigenvalue weighted by molar-refractivity contribution is 5.94. The molecule has 0 bridgehead atoms. The molecule has 2 fully saturated rings. The highest BCUT2D eigenvalue weighted by Crippen LogP contribution is 2.36. The predicted octanol–water partition coefficient (Wildman–Crippen LogP) is 5.89. The van der Waals surface area contributed by atoms with Crippen LogP contribution in [0.4, 0.5) is 34.6 Å². The van der Waals surface area contributed by atoms with Crippen LogP contribution < -0.4 is 27.4 Å². The summed E-state index contributed by atoms with van der Waals surface area (Å²) in [4.78, 5) is 37.3. The molecular formula is C43H62N20O4. The van der Waals surface area contributed by atoms with Crippen molar-refractivity contribution in [1.29, 1.82) is 0 Å². The largest absolute Gasteiger partial charge is 0.465 e. The molecule has 7 heterocycles. The molecule has 5 aromatic rings. The van der Waals surface area contributed by atoms with Crippen LogP contribution >= 0.6 is 0 Å². The number of azo groups is 2. The number of nitrogens with one attached hydrogen (secondary N) is 3. The molecule has 2 aliphatic heterocycles. The Balaban J connectivity index is 1.25. The van der Waals surface area contributed by atoms with Gasteiger partial charge in [0.25, 0.3) is 0 Å². The van der Waals surface area contributed by atoms with Crippen molar-refractivity contribution in [3.63, 3.8) is 0 Å². The van der Waals surface area contributed by atoms with Gasteiger partial charge in [-0.05, 0) is 71.0 Å². The van der Waals surface area contributed by atoms with Gasteiger partial charge in [-0.1, -0.05) is 52.2 Å². The third-order valence-electron chi connectivity index (χ3n) is 11.3. The summed E-state index contributed by atoms with van der Waals surface area (Å²) in [5.74, 6) is 0.224. The van der Waals surface area contributed by atoms with Crippen LogP contribution in [-0.4, -0.2) is 113 Å². The zero-order valence-electron chi connectivity index (χ0n) is 39.1. The number of hydrogen-bond acceptors (Lipinski definition) is 20. The van der Waals surface area contributed by atoms with Crippen molar-refractivity contribution in [3.8, 4) is 11.6 Å². The van der Waals surface area contributed by atoms with Gasteiger partial charge >= 0.3 is 11.9 Å². The number of nitrogen functional groups attached to an aromatic ring is 2. The van der Waals surface area contributed by atoms with Crippen molar-refractivity contribution in [1.82, 2.24) is 69.9 Å². The van der Waals surface area contributed by atoms with Crippen LogP contribution in [0.2, 0.25) is 0 Å². The molecule has 0 amide bonds. The van der Waals surface area contributed by atoms with Crippen LogP contribution in [0.5, 0.6) is 0 Å². The maximum absolute atomic E-state index is 13.1. The minimum Gasteiger partial charge on any atom is -0.465 e. The Kier molecular flexibility index (Phi) is 16.3. The van der Waals surface area contributed by atoms with Gasteiger partial charge in [0.15, 0.2) is 58.9 Å². The van der Waals surface area contributed by atoms with Crippen molar-refractivity contribution in [2.24, 2.45) is 26.4 Å². The third kappa shape index (κ3) is 10.9. The zero-order valence-corrected chi connectivity index (χ0v) is 39.1. The summed E-state index contributed by atoms with van der Waals surface area (Å²) in [6, 6.07) is 1.64. The molecule has 1 atom stereocenters. The first-order valence-electron chi connectivity index (χ1n) is 22.9. The highest BCUT2D eigenvalue weighted by atomic mass is 16.5. The van der Waals surface area contributed by atoms with E-state index in [1.807, 2.05) is 19.1 Å². The summed E-state index contributed by atoms with van der Waals surface area (Å²) in [5, 5.41) is 47.5. The molecule has 0 spiro atoms. The fraction of sp³-hybridized carbons (Fsp3) is 0.535. The topological polar surface area (TPSA) is 290 Å². The Morgan fingerprint density at radius 3 is 2.03 bits per heavy atom. The lowest BCUT2D eigenvalue weighted by Gasteiger charge is -2.36. The van der Waals surface area contributed by atoms with Gasteiger partial charge in [0, 0.05) is 19.2 Å². The Labute approximate surface area is 388 Å². The number of hydrogen-bond donors (Lipinski definition) is 5. The smallest absolute Gasteiger partial charge is 0.343 e. The number of rotatable bonds is 20. The first-order chi connectivity index (χ1) is 32.6. The van der Waals surface area contributed by atoms with Crippen molar-refractivity contribution < 1.29 is 19.1 Å². The van der Waals surface area contributed by atoms with Gasteiger partial charge < -0.3 is 20.9 Å².